The number of ether oxygens (including phenoxy) is 1. The van der Waals surface area contributed by atoms with Gasteiger partial charge in [0.25, 0.3) is 0 Å². The highest BCUT2D eigenvalue weighted by atomic mass is 19.1. The molecule has 7 nitrogen and oxygen atoms in total. The fourth-order valence-electron chi connectivity index (χ4n) is 3.53. The van der Waals surface area contributed by atoms with Crippen molar-refractivity contribution in [2.24, 2.45) is 0 Å². The summed E-state index contributed by atoms with van der Waals surface area (Å²) in [5, 5.41) is 8.60. The first kappa shape index (κ1) is 18.7. The molecule has 0 spiro atoms. The van der Waals surface area contributed by atoms with Gasteiger partial charge in [0.15, 0.2) is 0 Å². The summed E-state index contributed by atoms with van der Waals surface area (Å²) in [7, 11) is 1.30. The molecular weight excluding hydrogens is 382 g/mol. The van der Waals surface area contributed by atoms with E-state index >= 15 is 0 Å². The summed E-state index contributed by atoms with van der Waals surface area (Å²) in [6, 6.07) is 7.44. The molecule has 4 N–H and O–H groups in total. The lowest BCUT2D eigenvalue weighted by Gasteiger charge is -2.20. The number of anilines is 1. The third kappa shape index (κ3) is 3.58. The minimum atomic E-state index is -1.12. The Morgan fingerprint density at radius 1 is 1.17 bits per heavy atom. The van der Waals surface area contributed by atoms with Gasteiger partial charge in [0, 0.05) is 52.9 Å². The molecular formula is C20H18F2N4O3. The molecule has 4 rings (SSSR count). The molecule has 0 radical (unpaired) electrons. The molecule has 3 amide bonds. The summed E-state index contributed by atoms with van der Waals surface area (Å²) < 4.78 is 33.8. The van der Waals surface area contributed by atoms with Crippen molar-refractivity contribution in [3.8, 4) is 5.75 Å². The van der Waals surface area contributed by atoms with Gasteiger partial charge in [-0.3, -0.25) is 4.79 Å². The molecule has 1 fully saturated rings. The number of hydrogen-bond donors (Lipinski definition) is 4. The molecule has 2 heterocycles. The van der Waals surface area contributed by atoms with Crippen molar-refractivity contribution in [3.63, 3.8) is 0 Å². The van der Waals surface area contributed by atoms with E-state index in [-0.39, 0.29) is 17.9 Å². The van der Waals surface area contributed by atoms with Crippen LogP contribution >= 0.6 is 0 Å². The first-order valence-corrected chi connectivity index (χ1v) is 8.91. The van der Waals surface area contributed by atoms with E-state index in [1.54, 1.807) is 24.4 Å². The molecule has 1 aromatic heterocycles. The van der Waals surface area contributed by atoms with Crippen LogP contribution in [0.1, 0.15) is 11.5 Å². The average molecular weight is 400 g/mol. The van der Waals surface area contributed by atoms with E-state index in [9.17, 15) is 18.4 Å². The maximum atomic E-state index is 14.5. The van der Waals surface area contributed by atoms with E-state index in [0.29, 0.717) is 5.69 Å². The Labute approximate surface area is 164 Å². The first-order chi connectivity index (χ1) is 14.0. The highest BCUT2D eigenvalue weighted by Crippen LogP contribution is 2.31. The molecule has 2 aromatic carbocycles. The zero-order chi connectivity index (χ0) is 20.5. The molecule has 150 valence electrons. The molecule has 0 bridgehead atoms. The lowest BCUT2D eigenvalue weighted by molar-refractivity contribution is -0.120. The highest BCUT2D eigenvalue weighted by molar-refractivity contribution is 5.96. The third-order valence-corrected chi connectivity index (χ3v) is 4.94. The second-order valence-electron chi connectivity index (χ2n) is 6.71. The Balaban J connectivity index is 1.53. The number of nitrogens with one attached hydrogen (secondary N) is 4. The van der Waals surface area contributed by atoms with Crippen LogP contribution in [-0.2, 0) is 4.79 Å². The number of urea groups is 1. The number of methoxy groups -OCH3 is 1. The molecule has 1 saturated heterocycles. The van der Waals surface area contributed by atoms with Gasteiger partial charge >= 0.3 is 6.03 Å². The summed E-state index contributed by atoms with van der Waals surface area (Å²) in [6.07, 6.45) is 1.78. The minimum Gasteiger partial charge on any atom is -0.497 e. The molecule has 0 unspecified atom stereocenters. The van der Waals surface area contributed by atoms with Crippen LogP contribution in [-0.4, -0.2) is 36.6 Å². The SMILES string of the molecule is COc1cc(F)c([C@@H]2CNC(=O)[C@H]2NC(=O)Nc2ccc3[nH]ccc3c2)c(F)c1. The van der Waals surface area contributed by atoms with Crippen molar-refractivity contribution >= 4 is 28.5 Å². The maximum Gasteiger partial charge on any atom is 0.319 e. The van der Waals surface area contributed by atoms with E-state index in [0.717, 1.165) is 23.0 Å². The third-order valence-electron chi connectivity index (χ3n) is 4.94. The zero-order valence-corrected chi connectivity index (χ0v) is 15.4. The largest absolute Gasteiger partial charge is 0.497 e. The van der Waals surface area contributed by atoms with Crippen molar-refractivity contribution in [2.45, 2.75) is 12.0 Å². The second-order valence-corrected chi connectivity index (χ2v) is 6.71. The van der Waals surface area contributed by atoms with Gasteiger partial charge in [0.05, 0.1) is 7.11 Å². The zero-order valence-electron chi connectivity index (χ0n) is 15.4. The normalized spacial score (nSPS) is 18.5. The number of amides is 3. The fraction of sp³-hybridized carbons (Fsp3) is 0.200. The van der Waals surface area contributed by atoms with Gasteiger partial charge in [-0.2, -0.15) is 0 Å². The van der Waals surface area contributed by atoms with Gasteiger partial charge in [-0.05, 0) is 24.3 Å². The Hall–Kier alpha value is -3.62. The van der Waals surface area contributed by atoms with Crippen molar-refractivity contribution in [2.75, 3.05) is 19.0 Å². The molecule has 2 atom stereocenters. The Bertz CT molecular complexity index is 1080. The van der Waals surface area contributed by atoms with Gasteiger partial charge in [-0.1, -0.05) is 0 Å². The number of aromatic amines is 1. The van der Waals surface area contributed by atoms with Gasteiger partial charge in [-0.15, -0.1) is 0 Å². The Morgan fingerprint density at radius 2 is 1.93 bits per heavy atom. The van der Waals surface area contributed by atoms with Gasteiger partial charge < -0.3 is 25.7 Å². The Morgan fingerprint density at radius 3 is 2.66 bits per heavy atom. The predicted molar refractivity (Wildman–Crippen MR) is 103 cm³/mol. The smallest absolute Gasteiger partial charge is 0.319 e. The molecule has 1 aliphatic heterocycles. The number of hydrogen-bond acceptors (Lipinski definition) is 3. The first-order valence-electron chi connectivity index (χ1n) is 8.91. The van der Waals surface area contributed by atoms with E-state index < -0.39 is 35.5 Å². The van der Waals surface area contributed by atoms with Crippen LogP contribution in [0.25, 0.3) is 10.9 Å². The Kier molecular flexibility index (Phi) is 4.79. The van der Waals surface area contributed by atoms with E-state index in [1.807, 2.05) is 6.07 Å². The molecule has 0 aliphatic carbocycles. The van der Waals surface area contributed by atoms with Crippen LogP contribution < -0.4 is 20.7 Å². The lowest BCUT2D eigenvalue weighted by Crippen LogP contribution is -2.45. The molecule has 9 heteroatoms. The quantitative estimate of drug-likeness (QED) is 0.542. The maximum absolute atomic E-state index is 14.5. The van der Waals surface area contributed by atoms with Crippen LogP contribution in [0.3, 0.4) is 0 Å². The summed E-state index contributed by atoms with van der Waals surface area (Å²) in [6.45, 7) is -0.000736. The number of benzene rings is 2. The number of fused-ring (bicyclic) bond motifs is 1. The second kappa shape index (κ2) is 7.42. The summed E-state index contributed by atoms with van der Waals surface area (Å²) in [5.74, 6) is -3.06. The fourth-order valence-corrected chi connectivity index (χ4v) is 3.53. The van der Waals surface area contributed by atoms with Gasteiger partial charge in [0.1, 0.15) is 23.4 Å². The van der Waals surface area contributed by atoms with Crippen molar-refractivity contribution < 1.29 is 23.1 Å². The number of carbonyl (C=O) groups is 2. The molecule has 29 heavy (non-hydrogen) atoms. The van der Waals surface area contributed by atoms with Crippen LogP contribution in [0.15, 0.2) is 42.6 Å². The standard InChI is InChI=1S/C20H18F2N4O3/c1-29-12-7-14(21)17(15(22)8-12)13-9-24-19(27)18(13)26-20(28)25-11-2-3-16-10(6-11)4-5-23-16/h2-8,13,18,23H,9H2,1H3,(H,24,27)(H2,25,26,28)/t13-,18-/m0/s1. The van der Waals surface area contributed by atoms with Gasteiger partial charge in [0.2, 0.25) is 5.91 Å². The van der Waals surface area contributed by atoms with Crippen LogP contribution in [0, 0.1) is 11.6 Å². The summed E-state index contributed by atoms with van der Waals surface area (Å²) in [4.78, 5) is 27.7. The molecule has 1 aliphatic rings. The predicted octanol–water partition coefficient (Wildman–Crippen LogP) is 2.86. The molecule has 0 saturated carbocycles. The van der Waals surface area contributed by atoms with E-state index in [4.69, 9.17) is 4.74 Å². The van der Waals surface area contributed by atoms with E-state index in [2.05, 4.69) is 20.9 Å². The minimum absolute atomic E-state index is 0.000736. The van der Waals surface area contributed by atoms with Crippen molar-refractivity contribution in [1.82, 2.24) is 15.6 Å². The lowest BCUT2D eigenvalue weighted by atomic mass is 9.93. The number of rotatable bonds is 4. The van der Waals surface area contributed by atoms with Crippen LogP contribution in [0.4, 0.5) is 19.3 Å². The summed E-state index contributed by atoms with van der Waals surface area (Å²) in [5.41, 5.74) is 1.16. The van der Waals surface area contributed by atoms with E-state index in [1.165, 1.54) is 7.11 Å². The summed E-state index contributed by atoms with van der Waals surface area (Å²) >= 11 is 0. The number of halogens is 2. The molecule has 3 aromatic rings. The van der Waals surface area contributed by atoms with Gasteiger partial charge in [-0.25, -0.2) is 13.6 Å². The topological polar surface area (TPSA) is 95.2 Å². The number of H-pyrrole nitrogens is 1. The van der Waals surface area contributed by atoms with Crippen molar-refractivity contribution in [1.29, 1.82) is 0 Å². The number of aromatic nitrogens is 1. The highest BCUT2D eigenvalue weighted by Gasteiger charge is 2.40. The van der Waals surface area contributed by atoms with Crippen LogP contribution in [0.5, 0.6) is 5.75 Å². The monoisotopic (exact) mass is 400 g/mol. The van der Waals surface area contributed by atoms with Crippen molar-refractivity contribution in [3.05, 3.63) is 59.8 Å². The number of carbonyl (C=O) groups excluding carboxylic acids is 2. The average Bonchev–Trinajstić information content (AvgIpc) is 3.28. The van der Waals surface area contributed by atoms with Crippen LogP contribution in [0.2, 0.25) is 0 Å².